The highest BCUT2D eigenvalue weighted by atomic mass is 32.3. The molecule has 9 nitrogen and oxygen atoms in total. The summed E-state index contributed by atoms with van der Waals surface area (Å²) in [5, 5.41) is 31.5. The first-order valence-corrected chi connectivity index (χ1v) is 28.1. The fraction of sp³-hybridized carbons (Fsp3) is 0.0870. The molecular formula is C69H48F3N7O2S. The minimum absolute atomic E-state index is 0.0280. The minimum Gasteiger partial charge on any atom is -0.465 e. The summed E-state index contributed by atoms with van der Waals surface area (Å²) in [4.78, 5) is 23.1. The highest BCUT2D eigenvalue weighted by Gasteiger charge is 2.65. The van der Waals surface area contributed by atoms with Crippen molar-refractivity contribution in [3.63, 3.8) is 0 Å². The fourth-order valence-electron chi connectivity index (χ4n) is 11.9. The first-order valence-electron chi connectivity index (χ1n) is 26.5. The zero-order chi connectivity index (χ0) is 56.6. The van der Waals surface area contributed by atoms with Crippen LogP contribution in [0, 0.1) is 34.0 Å². The van der Waals surface area contributed by atoms with Gasteiger partial charge >= 0.3 is 11.9 Å². The fourth-order valence-corrected chi connectivity index (χ4v) is 15.8. The second kappa shape index (κ2) is 21.3. The van der Waals surface area contributed by atoms with E-state index in [9.17, 15) is 20.6 Å². The topological polar surface area (TPSA) is 146 Å². The lowest BCUT2D eigenvalue weighted by atomic mass is 9.83. The molecule has 13 heteroatoms. The number of nitrogens with two attached hydrogens (primary N) is 1. The number of allylic oxidation sites excluding steroid dienone is 9. The number of rotatable bonds is 11. The number of nitriles is 3. The van der Waals surface area contributed by atoms with Crippen LogP contribution in [0.15, 0.2) is 278 Å². The number of halogens is 3. The molecule has 0 saturated heterocycles. The number of ether oxygens (including phenoxy) is 1. The van der Waals surface area contributed by atoms with Crippen molar-refractivity contribution in [1.29, 1.82) is 15.8 Å². The van der Waals surface area contributed by atoms with Crippen LogP contribution in [0.1, 0.15) is 46.4 Å². The Morgan fingerprint density at radius 3 is 1.85 bits per heavy atom. The molecule has 7 aromatic carbocycles. The van der Waals surface area contributed by atoms with Crippen molar-refractivity contribution < 1.29 is 17.9 Å². The molecule has 2 aliphatic carbocycles. The SMILES string of the molecule is N#CC(C#N)=C1OC(c2ccccc2)(C(F)(F)F)C(/C=C/C2=C(n3ccc(N)nc3=O)C(=C\C=C3/CCCc4c3c3ccccc3n4Cc3ccc(S(c4ccccc4)(c4ccccc4)c4ccccc4)cc3)/c3ccccc32)=C1C#N. The van der Waals surface area contributed by atoms with Gasteiger partial charge in [0.2, 0.25) is 0 Å². The van der Waals surface area contributed by atoms with Gasteiger partial charge in [-0.2, -0.15) is 33.9 Å². The van der Waals surface area contributed by atoms with E-state index in [1.54, 1.807) is 24.3 Å². The van der Waals surface area contributed by atoms with Crippen molar-refractivity contribution in [2.45, 2.75) is 57.2 Å². The molecule has 398 valence electrons. The van der Waals surface area contributed by atoms with Crippen LogP contribution >= 0.6 is 10.0 Å². The lowest BCUT2D eigenvalue weighted by molar-refractivity contribution is -0.249. The predicted molar refractivity (Wildman–Crippen MR) is 314 cm³/mol. The van der Waals surface area contributed by atoms with Crippen LogP contribution in [0.3, 0.4) is 0 Å². The number of hydrogen-bond donors (Lipinski definition) is 1. The second-order valence-corrected chi connectivity index (χ2v) is 23.0. The maximum Gasteiger partial charge on any atom is 0.437 e. The van der Waals surface area contributed by atoms with E-state index in [1.165, 1.54) is 78.5 Å². The number of nitrogen functional groups attached to an aromatic ring is 1. The van der Waals surface area contributed by atoms with Gasteiger partial charge in [-0.3, -0.25) is 4.57 Å². The molecule has 82 heavy (non-hydrogen) atoms. The molecule has 1 unspecified atom stereocenters. The Kier molecular flexibility index (Phi) is 13.6. The standard InChI is InChI=1S/C69H48F3N7O2S/c70-69(71,72)68(49-19-5-1-6-20-49)60(59(44-75)66(81-68)48(42-73)43-74)39-38-57-55-28-14-13-27-54(55)56(65(57)78-41-40-63(76)77-67(78)80)37-34-47-18-17-31-62-64(47)58-29-15-16-30-61(58)79(62)45-46-32-35-53(36-33-46)82(50-21-7-2-8-22-50,51-23-9-3-10-24-51)52-25-11-4-12-26-52/h1-16,19-30,32-41H,17-18,31,45H2,(H2,76,77,80)/b39-38+,47-34+,56-37-. The highest BCUT2D eigenvalue weighted by Crippen LogP contribution is 2.73. The van der Waals surface area contributed by atoms with Crippen molar-refractivity contribution >= 4 is 49.2 Å². The molecule has 1 atom stereocenters. The maximum absolute atomic E-state index is 16.0. The van der Waals surface area contributed by atoms with Crippen LogP contribution in [0.25, 0.3) is 33.3 Å². The van der Waals surface area contributed by atoms with Crippen LogP contribution in [-0.2, 0) is 23.3 Å². The third-order valence-electron chi connectivity index (χ3n) is 15.4. The largest absolute Gasteiger partial charge is 0.465 e. The number of alkyl halides is 3. The summed E-state index contributed by atoms with van der Waals surface area (Å²) in [6.07, 6.45) is 5.26. The molecule has 12 rings (SSSR count). The quantitative estimate of drug-likeness (QED) is 0.127. The zero-order valence-corrected chi connectivity index (χ0v) is 44.7. The summed E-state index contributed by atoms with van der Waals surface area (Å²) in [5.74, 6) is -0.820. The predicted octanol–water partition coefficient (Wildman–Crippen LogP) is 15.5. The van der Waals surface area contributed by atoms with Crippen molar-refractivity contribution in [3.05, 3.63) is 297 Å². The number of fused-ring (bicyclic) bond motifs is 4. The molecule has 0 radical (unpaired) electrons. The van der Waals surface area contributed by atoms with Crippen LogP contribution in [0.5, 0.6) is 0 Å². The van der Waals surface area contributed by atoms with Gasteiger partial charge in [-0.1, -0.05) is 164 Å². The van der Waals surface area contributed by atoms with Gasteiger partial charge in [0.1, 0.15) is 29.6 Å². The molecule has 9 aromatic rings. The lowest BCUT2D eigenvalue weighted by Gasteiger charge is -2.42. The van der Waals surface area contributed by atoms with E-state index in [0.717, 1.165) is 52.9 Å². The third kappa shape index (κ3) is 8.65. The smallest absolute Gasteiger partial charge is 0.437 e. The molecule has 0 amide bonds. The minimum atomic E-state index is -5.22. The Bertz CT molecular complexity index is 4290. The van der Waals surface area contributed by atoms with Gasteiger partial charge in [-0.05, 0) is 102 Å². The Balaban J connectivity index is 0.992. The van der Waals surface area contributed by atoms with E-state index >= 15 is 13.2 Å². The van der Waals surface area contributed by atoms with E-state index in [0.29, 0.717) is 34.5 Å². The molecule has 3 heterocycles. The van der Waals surface area contributed by atoms with E-state index in [-0.39, 0.29) is 11.4 Å². The Labute approximate surface area is 472 Å². The number of aromatic nitrogens is 3. The number of anilines is 1. The molecule has 2 N–H and O–H groups in total. The molecule has 0 saturated carbocycles. The average Bonchev–Trinajstić information content (AvgIpc) is 4.26. The van der Waals surface area contributed by atoms with Crippen molar-refractivity contribution in [1.82, 2.24) is 14.1 Å². The van der Waals surface area contributed by atoms with Crippen LogP contribution < -0.4 is 11.4 Å². The maximum atomic E-state index is 16.0. The van der Waals surface area contributed by atoms with Crippen molar-refractivity contribution in [2.75, 3.05) is 5.73 Å². The monoisotopic (exact) mass is 1100 g/mol. The van der Waals surface area contributed by atoms with Gasteiger partial charge in [0.05, 0.1) is 5.70 Å². The van der Waals surface area contributed by atoms with Gasteiger partial charge in [-0.25, -0.2) is 4.79 Å². The highest BCUT2D eigenvalue weighted by molar-refractivity contribution is 8.34. The molecule has 2 aromatic heterocycles. The van der Waals surface area contributed by atoms with E-state index in [2.05, 4.69) is 149 Å². The van der Waals surface area contributed by atoms with E-state index < -0.39 is 50.0 Å². The van der Waals surface area contributed by atoms with Crippen molar-refractivity contribution in [2.24, 2.45) is 0 Å². The first kappa shape index (κ1) is 52.3. The van der Waals surface area contributed by atoms with Crippen molar-refractivity contribution in [3.8, 4) is 18.2 Å². The Morgan fingerprint density at radius 1 is 0.683 bits per heavy atom. The Morgan fingerprint density at radius 2 is 1.26 bits per heavy atom. The third-order valence-corrected chi connectivity index (χ3v) is 19.3. The number of benzene rings is 7. The normalized spacial score (nSPS) is 17.1. The van der Waals surface area contributed by atoms with Gasteiger partial charge < -0.3 is 15.0 Å². The van der Waals surface area contributed by atoms with Gasteiger partial charge in [0.25, 0.3) is 5.60 Å². The lowest BCUT2D eigenvalue weighted by Crippen LogP contribution is -2.43. The molecule has 0 fully saturated rings. The van der Waals surface area contributed by atoms with E-state index in [1.807, 2.05) is 30.3 Å². The molecule has 0 bridgehead atoms. The molecule has 1 aliphatic heterocycles. The van der Waals surface area contributed by atoms with Gasteiger partial charge in [0.15, 0.2) is 11.3 Å². The Hall–Kier alpha value is -10.4. The second-order valence-electron chi connectivity index (χ2n) is 19.9. The van der Waals surface area contributed by atoms with Crippen LogP contribution in [0.4, 0.5) is 19.0 Å². The first-order chi connectivity index (χ1) is 40.0. The molecule has 3 aliphatic rings. The summed E-state index contributed by atoms with van der Waals surface area (Å²) in [5.41, 5.74) is 7.59. The zero-order valence-electron chi connectivity index (χ0n) is 43.9. The van der Waals surface area contributed by atoms with Crippen LogP contribution in [0.2, 0.25) is 0 Å². The average molecular weight is 1100 g/mol. The summed E-state index contributed by atoms with van der Waals surface area (Å²) < 4.78 is 57.3. The van der Waals surface area contributed by atoms with E-state index in [4.69, 9.17) is 10.5 Å². The van der Waals surface area contributed by atoms with Gasteiger partial charge in [-0.15, -0.1) is 10.0 Å². The van der Waals surface area contributed by atoms with Crippen LogP contribution in [-0.4, -0.2) is 20.3 Å². The number of nitrogens with zero attached hydrogens (tertiary/aromatic N) is 6. The summed E-state index contributed by atoms with van der Waals surface area (Å²) in [6.45, 7) is 0.623. The summed E-state index contributed by atoms with van der Waals surface area (Å²) in [7, 11) is -1.88. The summed E-state index contributed by atoms with van der Waals surface area (Å²) >= 11 is 0. The number of para-hydroxylation sites is 1. The number of hydrogen-bond acceptors (Lipinski definition) is 7. The van der Waals surface area contributed by atoms with Gasteiger partial charge in [0, 0.05) is 76.8 Å². The molecular weight excluding hydrogens is 1050 g/mol. The molecule has 0 spiro atoms. The summed E-state index contributed by atoms with van der Waals surface area (Å²) in [6, 6.07) is 70.4.